The first-order chi connectivity index (χ1) is 9.44. The van der Waals surface area contributed by atoms with E-state index < -0.39 is 0 Å². The molecule has 1 aromatic heterocycles. The van der Waals surface area contributed by atoms with Crippen LogP contribution in [0, 0.1) is 6.92 Å². The second-order valence-corrected chi connectivity index (χ2v) is 5.41. The highest BCUT2D eigenvalue weighted by Crippen LogP contribution is 2.23. The zero-order chi connectivity index (χ0) is 14.7. The second-order valence-electron chi connectivity index (χ2n) is 4.56. The van der Waals surface area contributed by atoms with Crippen LogP contribution in [-0.4, -0.2) is 21.1 Å². The molecule has 6 nitrogen and oxygen atoms in total. The molecular weight excluding hydrogens is 322 g/mol. The van der Waals surface area contributed by atoms with Crippen molar-refractivity contribution in [3.63, 3.8) is 0 Å². The molecule has 7 heteroatoms. The number of halogens is 1. The fraction of sp³-hybridized carbons (Fsp3) is 0.308. The first-order valence-corrected chi connectivity index (χ1v) is 6.94. The monoisotopic (exact) mass is 337 g/mol. The summed E-state index contributed by atoms with van der Waals surface area (Å²) in [4.78, 5) is 12.1. The van der Waals surface area contributed by atoms with Crippen molar-refractivity contribution in [1.29, 1.82) is 0 Å². The van der Waals surface area contributed by atoms with E-state index in [2.05, 4.69) is 36.2 Å². The van der Waals surface area contributed by atoms with Gasteiger partial charge in [-0.2, -0.15) is 15.0 Å². The van der Waals surface area contributed by atoms with Crippen molar-refractivity contribution < 1.29 is 4.74 Å². The summed E-state index contributed by atoms with van der Waals surface area (Å²) in [5.74, 6) is 0.466. The van der Waals surface area contributed by atoms with Gasteiger partial charge in [0.05, 0.1) is 6.10 Å². The number of anilines is 3. The number of aryl methyl sites for hydroxylation is 1. The van der Waals surface area contributed by atoms with Gasteiger partial charge in [-0.3, -0.25) is 0 Å². The molecule has 0 amide bonds. The minimum absolute atomic E-state index is 0.0295. The average molecular weight is 338 g/mol. The van der Waals surface area contributed by atoms with Crippen LogP contribution >= 0.6 is 15.9 Å². The molecule has 0 fully saturated rings. The maximum Gasteiger partial charge on any atom is 0.323 e. The summed E-state index contributed by atoms with van der Waals surface area (Å²) in [6, 6.07) is 6.07. The quantitative estimate of drug-likeness (QED) is 0.891. The number of nitrogens with zero attached hydrogens (tertiary/aromatic N) is 3. The summed E-state index contributed by atoms with van der Waals surface area (Å²) in [7, 11) is 0. The zero-order valence-electron chi connectivity index (χ0n) is 11.5. The van der Waals surface area contributed by atoms with Gasteiger partial charge in [-0.1, -0.05) is 22.0 Å². The lowest BCUT2D eigenvalue weighted by Gasteiger charge is -2.10. The molecule has 0 unspecified atom stereocenters. The van der Waals surface area contributed by atoms with E-state index in [0.717, 1.165) is 15.7 Å². The number of hydrogen-bond acceptors (Lipinski definition) is 6. The summed E-state index contributed by atoms with van der Waals surface area (Å²) in [5.41, 5.74) is 7.65. The van der Waals surface area contributed by atoms with E-state index in [0.29, 0.717) is 5.95 Å². The standard InChI is InChI=1S/C13H16BrN5O/c1-7(2)20-13-18-11(15)17-12(19-13)16-9-5-4-8(3)10(14)6-9/h4-7H,1-3H3,(H3,15,16,17,18,19). The lowest BCUT2D eigenvalue weighted by Crippen LogP contribution is -2.11. The smallest absolute Gasteiger partial charge is 0.323 e. The minimum Gasteiger partial charge on any atom is -0.461 e. The van der Waals surface area contributed by atoms with Gasteiger partial charge < -0.3 is 15.8 Å². The Kier molecular flexibility index (Phi) is 4.39. The molecule has 0 radical (unpaired) electrons. The number of nitrogens with one attached hydrogen (secondary N) is 1. The molecule has 0 spiro atoms. The van der Waals surface area contributed by atoms with Gasteiger partial charge >= 0.3 is 6.01 Å². The molecule has 0 atom stereocenters. The highest BCUT2D eigenvalue weighted by molar-refractivity contribution is 9.10. The molecule has 0 saturated heterocycles. The van der Waals surface area contributed by atoms with E-state index >= 15 is 0 Å². The highest BCUT2D eigenvalue weighted by atomic mass is 79.9. The summed E-state index contributed by atoms with van der Waals surface area (Å²) >= 11 is 3.48. The fourth-order valence-electron chi connectivity index (χ4n) is 1.49. The summed E-state index contributed by atoms with van der Waals surface area (Å²) in [6.45, 7) is 5.80. The summed E-state index contributed by atoms with van der Waals surface area (Å²) in [6.07, 6.45) is -0.0295. The number of ether oxygens (including phenoxy) is 1. The van der Waals surface area contributed by atoms with Crippen LogP contribution in [-0.2, 0) is 0 Å². The summed E-state index contributed by atoms with van der Waals surface area (Å²) in [5, 5.41) is 3.07. The van der Waals surface area contributed by atoms with Crippen molar-refractivity contribution in [1.82, 2.24) is 15.0 Å². The minimum atomic E-state index is -0.0295. The van der Waals surface area contributed by atoms with Crippen LogP contribution < -0.4 is 15.8 Å². The fourth-order valence-corrected chi connectivity index (χ4v) is 1.87. The van der Waals surface area contributed by atoms with Crippen LogP contribution in [0.4, 0.5) is 17.6 Å². The molecule has 0 aliphatic carbocycles. The van der Waals surface area contributed by atoms with E-state index in [1.807, 2.05) is 39.0 Å². The van der Waals surface area contributed by atoms with Gasteiger partial charge in [0.1, 0.15) is 0 Å². The lowest BCUT2D eigenvalue weighted by atomic mass is 10.2. The van der Waals surface area contributed by atoms with Crippen molar-refractivity contribution in [3.8, 4) is 6.01 Å². The molecule has 20 heavy (non-hydrogen) atoms. The van der Waals surface area contributed by atoms with Crippen molar-refractivity contribution in [2.75, 3.05) is 11.1 Å². The number of nitrogens with two attached hydrogens (primary N) is 1. The van der Waals surface area contributed by atoms with E-state index in [1.165, 1.54) is 0 Å². The van der Waals surface area contributed by atoms with Crippen LogP contribution in [0.3, 0.4) is 0 Å². The molecule has 0 saturated carbocycles. The molecule has 106 valence electrons. The van der Waals surface area contributed by atoms with Crippen LogP contribution in [0.2, 0.25) is 0 Å². The number of rotatable bonds is 4. The molecular formula is C13H16BrN5O. The van der Waals surface area contributed by atoms with Crippen molar-refractivity contribution in [2.45, 2.75) is 26.9 Å². The van der Waals surface area contributed by atoms with Gasteiger partial charge in [0.25, 0.3) is 0 Å². The number of benzene rings is 1. The molecule has 0 bridgehead atoms. The highest BCUT2D eigenvalue weighted by Gasteiger charge is 2.08. The Morgan fingerprint density at radius 2 is 2.00 bits per heavy atom. The van der Waals surface area contributed by atoms with E-state index in [1.54, 1.807) is 0 Å². The summed E-state index contributed by atoms with van der Waals surface area (Å²) < 4.78 is 6.43. The third kappa shape index (κ3) is 3.80. The normalized spacial score (nSPS) is 10.7. The van der Waals surface area contributed by atoms with Gasteiger partial charge in [0.2, 0.25) is 11.9 Å². The van der Waals surface area contributed by atoms with E-state index in [9.17, 15) is 0 Å². The molecule has 1 aromatic carbocycles. The van der Waals surface area contributed by atoms with Gasteiger partial charge in [-0.15, -0.1) is 0 Å². The maximum absolute atomic E-state index is 5.65. The van der Waals surface area contributed by atoms with Crippen molar-refractivity contribution >= 4 is 33.5 Å². The number of nitrogen functional groups attached to an aromatic ring is 1. The Balaban J connectivity index is 2.24. The number of hydrogen-bond donors (Lipinski definition) is 2. The van der Waals surface area contributed by atoms with Crippen LogP contribution in [0.5, 0.6) is 6.01 Å². The third-order valence-electron chi connectivity index (χ3n) is 2.40. The lowest BCUT2D eigenvalue weighted by molar-refractivity contribution is 0.222. The molecule has 2 rings (SSSR count). The Morgan fingerprint density at radius 1 is 1.25 bits per heavy atom. The van der Waals surface area contributed by atoms with Crippen molar-refractivity contribution in [3.05, 3.63) is 28.2 Å². The molecule has 2 aromatic rings. The van der Waals surface area contributed by atoms with Crippen LogP contribution in [0.1, 0.15) is 19.4 Å². The zero-order valence-corrected chi connectivity index (χ0v) is 13.1. The van der Waals surface area contributed by atoms with E-state index in [4.69, 9.17) is 10.5 Å². The molecule has 0 aliphatic heterocycles. The Labute approximate surface area is 125 Å². The Bertz CT molecular complexity index is 618. The van der Waals surface area contributed by atoms with Gasteiger partial charge in [-0.25, -0.2) is 0 Å². The SMILES string of the molecule is Cc1ccc(Nc2nc(N)nc(OC(C)C)n2)cc1Br. The molecule has 0 aliphatic rings. The van der Waals surface area contributed by atoms with Gasteiger partial charge in [0, 0.05) is 10.2 Å². The number of aromatic nitrogens is 3. The predicted molar refractivity (Wildman–Crippen MR) is 82.2 cm³/mol. The predicted octanol–water partition coefficient (Wildman–Crippen LogP) is 3.06. The average Bonchev–Trinajstić information content (AvgIpc) is 2.32. The molecule has 1 heterocycles. The van der Waals surface area contributed by atoms with Crippen LogP contribution in [0.25, 0.3) is 0 Å². The van der Waals surface area contributed by atoms with Gasteiger partial charge in [0.15, 0.2) is 0 Å². The Morgan fingerprint density at radius 3 is 2.65 bits per heavy atom. The molecule has 3 N–H and O–H groups in total. The second kappa shape index (κ2) is 6.04. The van der Waals surface area contributed by atoms with E-state index in [-0.39, 0.29) is 18.1 Å². The topological polar surface area (TPSA) is 86.0 Å². The largest absolute Gasteiger partial charge is 0.461 e. The first-order valence-electron chi connectivity index (χ1n) is 6.15. The first kappa shape index (κ1) is 14.5. The Hall–Kier alpha value is -1.89. The van der Waals surface area contributed by atoms with Gasteiger partial charge in [-0.05, 0) is 38.5 Å². The van der Waals surface area contributed by atoms with Crippen molar-refractivity contribution in [2.24, 2.45) is 0 Å². The van der Waals surface area contributed by atoms with Crippen LogP contribution in [0.15, 0.2) is 22.7 Å². The third-order valence-corrected chi connectivity index (χ3v) is 3.26. The maximum atomic E-state index is 5.65.